The first-order chi connectivity index (χ1) is 10.4. The van der Waals surface area contributed by atoms with Gasteiger partial charge in [-0.1, -0.05) is 44.9 Å². The van der Waals surface area contributed by atoms with Gasteiger partial charge in [-0.3, -0.25) is 9.59 Å². The standard InChI is InChI=1S/C18H26N2O2/c1-5-13-10-15(13)19-18(22)16(11(2)3)20-17(21)14-8-6-7-12(4)9-14/h6-9,11,13,15-16H,5,10H2,1-4H3,(H,19,22)(H,20,21)/t13-,15+,16-/m1/s1. The molecule has 2 N–H and O–H groups in total. The van der Waals surface area contributed by atoms with E-state index in [1.165, 1.54) is 0 Å². The lowest BCUT2D eigenvalue weighted by atomic mass is 10.0. The van der Waals surface area contributed by atoms with Crippen LogP contribution in [0.4, 0.5) is 0 Å². The van der Waals surface area contributed by atoms with Crippen molar-refractivity contribution in [3.8, 4) is 0 Å². The molecule has 4 heteroatoms. The molecule has 1 aliphatic rings. The Labute approximate surface area is 132 Å². The molecule has 2 rings (SSSR count). The number of carbonyl (C=O) groups is 2. The first-order valence-electron chi connectivity index (χ1n) is 8.10. The first-order valence-corrected chi connectivity index (χ1v) is 8.10. The second kappa shape index (κ2) is 6.95. The fourth-order valence-electron chi connectivity index (χ4n) is 2.69. The molecule has 2 amide bonds. The van der Waals surface area contributed by atoms with Gasteiger partial charge in [-0.2, -0.15) is 0 Å². The highest BCUT2D eigenvalue weighted by atomic mass is 16.2. The third-order valence-corrected chi connectivity index (χ3v) is 4.29. The Balaban J connectivity index is 1.99. The Bertz CT molecular complexity index is 554. The van der Waals surface area contributed by atoms with Crippen molar-refractivity contribution in [3.05, 3.63) is 35.4 Å². The molecule has 0 aromatic heterocycles. The summed E-state index contributed by atoms with van der Waals surface area (Å²) in [5.74, 6) is 0.383. The van der Waals surface area contributed by atoms with Gasteiger partial charge in [0.1, 0.15) is 6.04 Å². The first kappa shape index (κ1) is 16.5. The molecular formula is C18H26N2O2. The van der Waals surface area contributed by atoms with E-state index in [0.29, 0.717) is 11.5 Å². The maximum absolute atomic E-state index is 12.4. The van der Waals surface area contributed by atoms with Crippen LogP contribution in [-0.2, 0) is 4.79 Å². The van der Waals surface area contributed by atoms with Gasteiger partial charge in [-0.05, 0) is 37.3 Å². The summed E-state index contributed by atoms with van der Waals surface area (Å²) < 4.78 is 0. The van der Waals surface area contributed by atoms with Crippen molar-refractivity contribution in [3.63, 3.8) is 0 Å². The third-order valence-electron chi connectivity index (χ3n) is 4.29. The van der Waals surface area contributed by atoms with E-state index in [-0.39, 0.29) is 23.8 Å². The molecule has 1 aromatic carbocycles. The summed E-state index contributed by atoms with van der Waals surface area (Å²) in [6, 6.07) is 7.19. The topological polar surface area (TPSA) is 58.2 Å². The van der Waals surface area contributed by atoms with E-state index in [4.69, 9.17) is 0 Å². The average Bonchev–Trinajstić information content (AvgIpc) is 3.22. The highest BCUT2D eigenvalue weighted by molar-refractivity contribution is 5.97. The van der Waals surface area contributed by atoms with Crippen LogP contribution in [0, 0.1) is 18.8 Å². The maximum atomic E-state index is 12.4. The molecule has 0 unspecified atom stereocenters. The number of carbonyl (C=O) groups excluding carboxylic acids is 2. The minimum Gasteiger partial charge on any atom is -0.351 e. The molecule has 0 spiro atoms. The Morgan fingerprint density at radius 3 is 2.59 bits per heavy atom. The van der Waals surface area contributed by atoms with E-state index in [0.717, 1.165) is 18.4 Å². The van der Waals surface area contributed by atoms with E-state index in [1.807, 2.05) is 39.0 Å². The van der Waals surface area contributed by atoms with Crippen molar-refractivity contribution >= 4 is 11.8 Å². The van der Waals surface area contributed by atoms with E-state index >= 15 is 0 Å². The molecule has 1 fully saturated rings. The van der Waals surface area contributed by atoms with Crippen LogP contribution in [0.2, 0.25) is 0 Å². The number of aryl methyl sites for hydroxylation is 1. The van der Waals surface area contributed by atoms with Crippen LogP contribution in [0.25, 0.3) is 0 Å². The molecule has 0 saturated heterocycles. The molecule has 0 radical (unpaired) electrons. The molecule has 1 aromatic rings. The third kappa shape index (κ3) is 4.09. The second-order valence-corrected chi connectivity index (χ2v) is 6.58. The normalized spacial score (nSPS) is 21.3. The number of hydrogen-bond donors (Lipinski definition) is 2. The smallest absolute Gasteiger partial charge is 0.251 e. The van der Waals surface area contributed by atoms with Gasteiger partial charge in [0.05, 0.1) is 0 Å². The molecule has 0 aliphatic heterocycles. The van der Waals surface area contributed by atoms with Crippen LogP contribution < -0.4 is 10.6 Å². The quantitative estimate of drug-likeness (QED) is 0.849. The van der Waals surface area contributed by atoms with Crippen LogP contribution in [0.5, 0.6) is 0 Å². The highest BCUT2D eigenvalue weighted by Crippen LogP contribution is 2.33. The zero-order valence-electron chi connectivity index (χ0n) is 13.8. The lowest BCUT2D eigenvalue weighted by Gasteiger charge is -2.22. The van der Waals surface area contributed by atoms with E-state index < -0.39 is 6.04 Å². The molecule has 0 heterocycles. The number of rotatable bonds is 6. The van der Waals surface area contributed by atoms with Crippen molar-refractivity contribution in [2.75, 3.05) is 0 Å². The lowest BCUT2D eigenvalue weighted by molar-refractivity contribution is -0.124. The fourth-order valence-corrected chi connectivity index (χ4v) is 2.69. The van der Waals surface area contributed by atoms with E-state index in [1.54, 1.807) is 6.07 Å². The monoisotopic (exact) mass is 302 g/mol. The van der Waals surface area contributed by atoms with Crippen molar-refractivity contribution in [1.82, 2.24) is 10.6 Å². The van der Waals surface area contributed by atoms with Gasteiger partial charge >= 0.3 is 0 Å². The molecule has 3 atom stereocenters. The van der Waals surface area contributed by atoms with Crippen LogP contribution in [0.3, 0.4) is 0 Å². The highest BCUT2D eigenvalue weighted by Gasteiger charge is 2.38. The Morgan fingerprint density at radius 2 is 2.05 bits per heavy atom. The Hall–Kier alpha value is -1.84. The zero-order valence-corrected chi connectivity index (χ0v) is 13.8. The molecular weight excluding hydrogens is 276 g/mol. The van der Waals surface area contributed by atoms with Crippen LogP contribution >= 0.6 is 0 Å². The summed E-state index contributed by atoms with van der Waals surface area (Å²) in [6.07, 6.45) is 2.14. The van der Waals surface area contributed by atoms with Crippen molar-refractivity contribution in [1.29, 1.82) is 0 Å². The second-order valence-electron chi connectivity index (χ2n) is 6.58. The lowest BCUT2D eigenvalue weighted by Crippen LogP contribution is -2.50. The van der Waals surface area contributed by atoms with E-state index in [9.17, 15) is 9.59 Å². The van der Waals surface area contributed by atoms with Crippen molar-refractivity contribution in [2.24, 2.45) is 11.8 Å². The molecule has 1 aliphatic carbocycles. The van der Waals surface area contributed by atoms with Crippen molar-refractivity contribution in [2.45, 2.75) is 52.6 Å². The van der Waals surface area contributed by atoms with Gasteiger partial charge in [-0.15, -0.1) is 0 Å². The average molecular weight is 302 g/mol. The summed E-state index contributed by atoms with van der Waals surface area (Å²) in [7, 11) is 0. The van der Waals surface area contributed by atoms with Crippen LogP contribution in [-0.4, -0.2) is 23.9 Å². The summed E-state index contributed by atoms with van der Waals surface area (Å²) in [6.45, 7) is 7.98. The van der Waals surface area contributed by atoms with E-state index in [2.05, 4.69) is 17.6 Å². The van der Waals surface area contributed by atoms with Gasteiger partial charge in [0.2, 0.25) is 5.91 Å². The minimum atomic E-state index is -0.494. The van der Waals surface area contributed by atoms with Gasteiger partial charge in [0.15, 0.2) is 0 Å². The molecule has 1 saturated carbocycles. The number of amides is 2. The molecule has 120 valence electrons. The van der Waals surface area contributed by atoms with Gasteiger partial charge in [0.25, 0.3) is 5.91 Å². The summed E-state index contributed by atoms with van der Waals surface area (Å²) in [5.41, 5.74) is 1.62. The van der Waals surface area contributed by atoms with Gasteiger partial charge in [-0.25, -0.2) is 0 Å². The number of hydrogen-bond acceptors (Lipinski definition) is 2. The Morgan fingerprint density at radius 1 is 1.32 bits per heavy atom. The predicted octanol–water partition coefficient (Wildman–Crippen LogP) is 2.66. The van der Waals surface area contributed by atoms with Crippen LogP contribution in [0.15, 0.2) is 24.3 Å². The molecule has 22 heavy (non-hydrogen) atoms. The number of nitrogens with one attached hydrogen (secondary N) is 2. The van der Waals surface area contributed by atoms with Crippen molar-refractivity contribution < 1.29 is 9.59 Å². The van der Waals surface area contributed by atoms with Gasteiger partial charge in [0, 0.05) is 11.6 Å². The summed E-state index contributed by atoms with van der Waals surface area (Å²) in [4.78, 5) is 24.8. The Kier molecular flexibility index (Phi) is 5.22. The van der Waals surface area contributed by atoms with Gasteiger partial charge < -0.3 is 10.6 Å². The molecule has 0 bridgehead atoms. The molecule has 4 nitrogen and oxygen atoms in total. The van der Waals surface area contributed by atoms with Crippen LogP contribution in [0.1, 0.15) is 49.5 Å². The maximum Gasteiger partial charge on any atom is 0.251 e. The summed E-state index contributed by atoms with van der Waals surface area (Å²) in [5, 5.41) is 5.93. The largest absolute Gasteiger partial charge is 0.351 e. The fraction of sp³-hybridized carbons (Fsp3) is 0.556. The minimum absolute atomic E-state index is 0.0487. The summed E-state index contributed by atoms with van der Waals surface area (Å²) >= 11 is 0. The number of benzene rings is 1. The zero-order chi connectivity index (χ0) is 16.3. The SMILES string of the molecule is CC[C@@H]1C[C@@H]1NC(=O)[C@H](NC(=O)c1cccc(C)c1)C(C)C. The predicted molar refractivity (Wildman–Crippen MR) is 87.6 cm³/mol.